The van der Waals surface area contributed by atoms with Crippen molar-refractivity contribution in [3.63, 3.8) is 0 Å². The molecule has 2 N–H and O–H groups in total. The zero-order valence-corrected chi connectivity index (χ0v) is 8.34. The van der Waals surface area contributed by atoms with Gasteiger partial charge in [0.1, 0.15) is 5.69 Å². The van der Waals surface area contributed by atoms with Gasteiger partial charge in [-0.05, 0) is 6.07 Å². The summed E-state index contributed by atoms with van der Waals surface area (Å²) < 4.78 is 42.4. The second-order valence-electron chi connectivity index (χ2n) is 2.86. The number of hydrogen-bond donors (Lipinski definition) is 1. The fraction of sp³-hybridized carbons (Fsp3) is 0.333. The lowest BCUT2D eigenvalue weighted by molar-refractivity contribution is 0.0593. The molecule has 1 aromatic rings. The highest BCUT2D eigenvalue weighted by Crippen LogP contribution is 2.23. The molecule has 0 saturated heterocycles. The zero-order valence-electron chi connectivity index (χ0n) is 8.34. The van der Waals surface area contributed by atoms with E-state index in [1.807, 2.05) is 0 Å². The highest BCUT2D eigenvalue weighted by atomic mass is 19.3. The molecule has 0 aliphatic rings. The van der Waals surface area contributed by atoms with E-state index in [0.717, 1.165) is 13.2 Å². The number of halogens is 3. The van der Waals surface area contributed by atoms with Crippen molar-refractivity contribution >= 4 is 5.97 Å². The molecule has 0 aromatic carbocycles. The van der Waals surface area contributed by atoms with Crippen molar-refractivity contribution in [3.05, 3.63) is 28.8 Å². The monoisotopic (exact) mass is 234 g/mol. The fourth-order valence-electron chi connectivity index (χ4n) is 1.11. The summed E-state index contributed by atoms with van der Waals surface area (Å²) in [5.74, 6) is -2.42. The third-order valence-electron chi connectivity index (χ3n) is 1.86. The Bertz CT molecular complexity index is 410. The van der Waals surface area contributed by atoms with Crippen LogP contribution in [0.15, 0.2) is 6.07 Å². The number of esters is 1. The van der Waals surface area contributed by atoms with Crippen LogP contribution in [-0.2, 0) is 11.3 Å². The van der Waals surface area contributed by atoms with Crippen LogP contribution in [0, 0.1) is 5.82 Å². The van der Waals surface area contributed by atoms with Crippen molar-refractivity contribution in [1.29, 1.82) is 0 Å². The highest BCUT2D eigenvalue weighted by molar-refractivity contribution is 5.89. The average molecular weight is 234 g/mol. The lowest BCUT2D eigenvalue weighted by Crippen LogP contribution is -2.12. The maximum atomic E-state index is 13.4. The predicted octanol–water partition coefficient (Wildman–Crippen LogP) is 1.40. The first-order chi connectivity index (χ1) is 7.51. The Kier molecular flexibility index (Phi) is 3.83. The normalized spacial score (nSPS) is 10.6. The van der Waals surface area contributed by atoms with Gasteiger partial charge in [0.05, 0.1) is 18.4 Å². The van der Waals surface area contributed by atoms with E-state index in [1.54, 1.807) is 0 Å². The Balaban J connectivity index is 3.37. The lowest BCUT2D eigenvalue weighted by atomic mass is 10.1. The van der Waals surface area contributed by atoms with Crippen molar-refractivity contribution in [3.8, 4) is 0 Å². The molecule has 7 heteroatoms. The maximum Gasteiger partial charge on any atom is 0.340 e. The quantitative estimate of drug-likeness (QED) is 0.803. The Hall–Kier alpha value is -1.63. The molecule has 1 aromatic heterocycles. The van der Waals surface area contributed by atoms with Crippen molar-refractivity contribution in [2.24, 2.45) is 5.73 Å². The number of pyridine rings is 1. The van der Waals surface area contributed by atoms with Crippen LogP contribution < -0.4 is 5.73 Å². The first-order valence-electron chi connectivity index (χ1n) is 4.27. The summed E-state index contributed by atoms with van der Waals surface area (Å²) in [6.45, 7) is -0.177. The maximum absolute atomic E-state index is 13.4. The van der Waals surface area contributed by atoms with Crippen LogP contribution in [0.2, 0.25) is 0 Å². The van der Waals surface area contributed by atoms with Crippen LogP contribution in [0.5, 0.6) is 0 Å². The van der Waals surface area contributed by atoms with Gasteiger partial charge < -0.3 is 10.5 Å². The van der Waals surface area contributed by atoms with Gasteiger partial charge in [0, 0.05) is 6.54 Å². The number of nitrogens with two attached hydrogens (primary N) is 1. The van der Waals surface area contributed by atoms with Gasteiger partial charge in [-0.15, -0.1) is 0 Å². The standard InChI is InChI=1S/C9H9F3N2O2/c1-16-9(15)5-2-4(3-13)14-7(6(5)10)8(11)12/h2,8H,3,13H2,1H3. The second kappa shape index (κ2) is 4.93. The van der Waals surface area contributed by atoms with Gasteiger partial charge in [-0.3, -0.25) is 0 Å². The molecule has 88 valence electrons. The van der Waals surface area contributed by atoms with Gasteiger partial charge in [0.25, 0.3) is 6.43 Å². The van der Waals surface area contributed by atoms with Crippen LogP contribution >= 0.6 is 0 Å². The van der Waals surface area contributed by atoms with Crippen LogP contribution in [0.1, 0.15) is 28.2 Å². The number of hydrogen-bond acceptors (Lipinski definition) is 4. The summed E-state index contributed by atoms with van der Waals surface area (Å²) in [6, 6.07) is 0.993. The third kappa shape index (κ3) is 2.30. The minimum Gasteiger partial charge on any atom is -0.465 e. The zero-order chi connectivity index (χ0) is 12.3. The third-order valence-corrected chi connectivity index (χ3v) is 1.86. The smallest absolute Gasteiger partial charge is 0.340 e. The number of aromatic nitrogens is 1. The van der Waals surface area contributed by atoms with Gasteiger partial charge in [-0.1, -0.05) is 0 Å². The van der Waals surface area contributed by atoms with E-state index in [0.29, 0.717) is 0 Å². The van der Waals surface area contributed by atoms with Gasteiger partial charge in [-0.25, -0.2) is 22.9 Å². The molecule has 16 heavy (non-hydrogen) atoms. The predicted molar refractivity (Wildman–Crippen MR) is 48.4 cm³/mol. The molecule has 0 radical (unpaired) electrons. The topological polar surface area (TPSA) is 65.2 Å². The second-order valence-corrected chi connectivity index (χ2v) is 2.86. The van der Waals surface area contributed by atoms with E-state index in [4.69, 9.17) is 5.73 Å². The van der Waals surface area contributed by atoms with E-state index in [-0.39, 0.29) is 12.2 Å². The number of methoxy groups -OCH3 is 1. The average Bonchev–Trinajstić information content (AvgIpc) is 2.28. The number of carbonyl (C=O) groups is 1. The summed E-state index contributed by atoms with van der Waals surface area (Å²) in [7, 11) is 1.02. The van der Waals surface area contributed by atoms with Crippen LogP contribution in [0.3, 0.4) is 0 Å². The molecule has 0 aliphatic carbocycles. The fourth-order valence-corrected chi connectivity index (χ4v) is 1.11. The minimum atomic E-state index is -3.12. The molecule has 0 bridgehead atoms. The van der Waals surface area contributed by atoms with E-state index in [2.05, 4.69) is 9.72 Å². The summed E-state index contributed by atoms with van der Waals surface area (Å²) in [4.78, 5) is 14.4. The minimum absolute atomic E-state index is 0.00269. The van der Waals surface area contributed by atoms with Crippen molar-refractivity contribution in [2.75, 3.05) is 7.11 Å². The SMILES string of the molecule is COC(=O)c1cc(CN)nc(C(F)F)c1F. The lowest BCUT2D eigenvalue weighted by Gasteiger charge is -2.08. The summed E-state index contributed by atoms with van der Waals surface area (Å²) >= 11 is 0. The Morgan fingerprint density at radius 2 is 2.25 bits per heavy atom. The highest BCUT2D eigenvalue weighted by Gasteiger charge is 2.23. The summed E-state index contributed by atoms with van der Waals surface area (Å²) in [5, 5.41) is 0. The number of rotatable bonds is 3. The molecule has 1 heterocycles. The number of ether oxygens (including phenoxy) is 1. The molecule has 1 rings (SSSR count). The van der Waals surface area contributed by atoms with Gasteiger partial charge >= 0.3 is 5.97 Å². The van der Waals surface area contributed by atoms with Gasteiger partial charge in [0.2, 0.25) is 0 Å². The molecule has 0 unspecified atom stereocenters. The Labute approximate surface area is 89.2 Å². The number of nitrogens with zero attached hydrogens (tertiary/aromatic N) is 1. The van der Waals surface area contributed by atoms with Crippen molar-refractivity contribution < 1.29 is 22.7 Å². The van der Waals surface area contributed by atoms with E-state index in [9.17, 15) is 18.0 Å². The van der Waals surface area contributed by atoms with Crippen molar-refractivity contribution in [2.45, 2.75) is 13.0 Å². The molecular weight excluding hydrogens is 225 g/mol. The number of carbonyl (C=O) groups excluding carboxylic acids is 1. The molecular formula is C9H9F3N2O2. The van der Waals surface area contributed by atoms with E-state index < -0.39 is 29.5 Å². The van der Waals surface area contributed by atoms with E-state index >= 15 is 0 Å². The largest absolute Gasteiger partial charge is 0.465 e. The van der Waals surface area contributed by atoms with Crippen LogP contribution in [-0.4, -0.2) is 18.1 Å². The van der Waals surface area contributed by atoms with Crippen molar-refractivity contribution in [1.82, 2.24) is 4.98 Å². The molecule has 0 spiro atoms. The Morgan fingerprint density at radius 1 is 1.62 bits per heavy atom. The molecule has 0 amide bonds. The van der Waals surface area contributed by atoms with Crippen LogP contribution in [0.25, 0.3) is 0 Å². The van der Waals surface area contributed by atoms with Gasteiger partial charge in [0.15, 0.2) is 5.82 Å². The molecule has 0 aliphatic heterocycles. The Morgan fingerprint density at radius 3 is 2.69 bits per heavy atom. The molecule has 4 nitrogen and oxygen atoms in total. The molecule has 0 atom stereocenters. The first-order valence-corrected chi connectivity index (χ1v) is 4.27. The number of alkyl halides is 2. The molecule has 0 saturated carbocycles. The van der Waals surface area contributed by atoms with Crippen LogP contribution in [0.4, 0.5) is 13.2 Å². The van der Waals surface area contributed by atoms with Gasteiger partial charge in [-0.2, -0.15) is 0 Å². The molecule has 0 fully saturated rings. The summed E-state index contributed by atoms with van der Waals surface area (Å²) in [5.41, 5.74) is 3.51. The first kappa shape index (κ1) is 12.4. The van der Waals surface area contributed by atoms with E-state index in [1.165, 1.54) is 0 Å². The summed E-state index contributed by atoms with van der Waals surface area (Å²) in [6.07, 6.45) is -3.12.